The number of methoxy groups -OCH3 is 2. The molecule has 1 aliphatic heterocycles. The van der Waals surface area contributed by atoms with E-state index in [-0.39, 0.29) is 18.6 Å². The highest BCUT2D eigenvalue weighted by atomic mass is 19.4. The number of carbonyl (C=O) groups excluding carboxylic acids is 1. The number of amides is 1. The Labute approximate surface area is 165 Å². The Hall–Kier alpha value is -2.91. The zero-order valence-corrected chi connectivity index (χ0v) is 16.1. The maximum absolute atomic E-state index is 12.6. The molecule has 1 aromatic carbocycles. The van der Waals surface area contributed by atoms with Crippen molar-refractivity contribution >= 4 is 5.91 Å². The largest absolute Gasteiger partial charge is 0.493 e. The van der Waals surface area contributed by atoms with Gasteiger partial charge in [-0.3, -0.25) is 9.48 Å². The Balaban J connectivity index is 1.55. The van der Waals surface area contributed by atoms with E-state index in [0.717, 1.165) is 16.9 Å². The smallest absolute Gasteiger partial charge is 0.435 e. The first-order chi connectivity index (χ1) is 13.8. The lowest BCUT2D eigenvalue weighted by Crippen LogP contribution is -2.43. The van der Waals surface area contributed by atoms with Crippen molar-refractivity contribution in [3.8, 4) is 17.2 Å². The summed E-state index contributed by atoms with van der Waals surface area (Å²) in [6, 6.07) is 6.20. The molecule has 0 radical (unpaired) electrons. The van der Waals surface area contributed by atoms with Crippen LogP contribution in [-0.4, -0.2) is 54.0 Å². The molecule has 1 saturated heterocycles. The van der Waals surface area contributed by atoms with E-state index >= 15 is 0 Å². The van der Waals surface area contributed by atoms with Crippen LogP contribution in [0.2, 0.25) is 0 Å². The lowest BCUT2D eigenvalue weighted by molar-refractivity contribution is -0.142. The normalized spacial score (nSPS) is 15.3. The highest BCUT2D eigenvalue weighted by Gasteiger charge is 2.34. The van der Waals surface area contributed by atoms with Gasteiger partial charge in [0.1, 0.15) is 12.6 Å². The molecule has 0 aliphatic carbocycles. The zero-order chi connectivity index (χ0) is 21.0. The number of aromatic nitrogens is 2. The third-order valence-electron chi connectivity index (χ3n) is 4.69. The van der Waals surface area contributed by atoms with Gasteiger partial charge in [-0.2, -0.15) is 18.3 Å². The second-order valence-corrected chi connectivity index (χ2v) is 6.59. The van der Waals surface area contributed by atoms with E-state index in [1.807, 2.05) is 0 Å². The van der Waals surface area contributed by atoms with Gasteiger partial charge in [0.15, 0.2) is 17.2 Å². The number of hydrogen-bond acceptors (Lipinski definition) is 5. The summed E-state index contributed by atoms with van der Waals surface area (Å²) in [5.74, 6) is 1.35. The molecular formula is C19H22F3N3O4. The Morgan fingerprint density at radius 2 is 1.76 bits per heavy atom. The van der Waals surface area contributed by atoms with Crippen LogP contribution in [0.3, 0.4) is 0 Å². The number of halogens is 3. The van der Waals surface area contributed by atoms with Crippen molar-refractivity contribution in [2.45, 2.75) is 31.7 Å². The molecule has 29 heavy (non-hydrogen) atoms. The molecule has 158 valence electrons. The summed E-state index contributed by atoms with van der Waals surface area (Å²) in [7, 11) is 3.09. The van der Waals surface area contributed by atoms with Gasteiger partial charge in [-0.15, -0.1) is 0 Å². The summed E-state index contributed by atoms with van der Waals surface area (Å²) in [4.78, 5) is 14.0. The van der Waals surface area contributed by atoms with Crippen LogP contribution in [0, 0.1) is 0 Å². The highest BCUT2D eigenvalue weighted by Crippen LogP contribution is 2.38. The summed E-state index contributed by atoms with van der Waals surface area (Å²) in [6.07, 6.45) is -2.33. The van der Waals surface area contributed by atoms with Gasteiger partial charge in [-0.1, -0.05) is 6.07 Å². The Bertz CT molecular complexity index is 823. The van der Waals surface area contributed by atoms with E-state index < -0.39 is 11.9 Å². The van der Waals surface area contributed by atoms with Gasteiger partial charge in [0.25, 0.3) is 0 Å². The SMILES string of the molecule is COc1cccc(OC)c1OC1CCN(C(=O)Cn2ccc(C(F)(F)F)n2)CC1. The average molecular weight is 413 g/mol. The highest BCUT2D eigenvalue weighted by molar-refractivity contribution is 5.76. The molecule has 0 unspecified atom stereocenters. The third-order valence-corrected chi connectivity index (χ3v) is 4.69. The van der Waals surface area contributed by atoms with E-state index in [1.165, 1.54) is 0 Å². The molecule has 7 nitrogen and oxygen atoms in total. The van der Waals surface area contributed by atoms with Crippen molar-refractivity contribution in [2.75, 3.05) is 27.3 Å². The van der Waals surface area contributed by atoms with Crippen molar-refractivity contribution in [3.63, 3.8) is 0 Å². The van der Waals surface area contributed by atoms with Crippen LogP contribution in [0.25, 0.3) is 0 Å². The zero-order valence-electron chi connectivity index (χ0n) is 16.1. The number of rotatable bonds is 6. The van der Waals surface area contributed by atoms with E-state index in [0.29, 0.717) is 43.2 Å². The molecule has 3 rings (SSSR count). The minimum Gasteiger partial charge on any atom is -0.493 e. The van der Waals surface area contributed by atoms with Gasteiger partial charge in [-0.05, 0) is 18.2 Å². The fraction of sp³-hybridized carbons (Fsp3) is 0.474. The van der Waals surface area contributed by atoms with Crippen molar-refractivity contribution < 1.29 is 32.2 Å². The second kappa shape index (κ2) is 8.62. The van der Waals surface area contributed by atoms with Crippen molar-refractivity contribution in [1.29, 1.82) is 0 Å². The Morgan fingerprint density at radius 1 is 1.14 bits per heavy atom. The molecule has 0 saturated carbocycles. The summed E-state index contributed by atoms with van der Waals surface area (Å²) < 4.78 is 55.6. The van der Waals surface area contributed by atoms with E-state index in [4.69, 9.17) is 14.2 Å². The van der Waals surface area contributed by atoms with Crippen LogP contribution >= 0.6 is 0 Å². The van der Waals surface area contributed by atoms with Crippen molar-refractivity contribution in [2.24, 2.45) is 0 Å². The lowest BCUT2D eigenvalue weighted by atomic mass is 10.1. The molecule has 1 aromatic heterocycles. The molecule has 0 bridgehead atoms. The van der Waals surface area contributed by atoms with Crippen LogP contribution in [0.1, 0.15) is 18.5 Å². The fourth-order valence-corrected chi connectivity index (χ4v) is 3.16. The van der Waals surface area contributed by atoms with Crippen molar-refractivity contribution in [3.05, 3.63) is 36.2 Å². The number of likely N-dealkylation sites (tertiary alicyclic amines) is 1. The minimum atomic E-state index is -4.52. The van der Waals surface area contributed by atoms with Gasteiger partial charge in [0.05, 0.1) is 14.2 Å². The van der Waals surface area contributed by atoms with Crippen LogP contribution in [0.4, 0.5) is 13.2 Å². The first kappa shape index (κ1) is 20.8. The van der Waals surface area contributed by atoms with Crippen LogP contribution < -0.4 is 14.2 Å². The molecule has 1 fully saturated rings. The fourth-order valence-electron chi connectivity index (χ4n) is 3.16. The molecule has 2 aromatic rings. The number of piperidine rings is 1. The number of nitrogens with zero attached hydrogens (tertiary/aromatic N) is 3. The van der Waals surface area contributed by atoms with Gasteiger partial charge in [0.2, 0.25) is 11.7 Å². The first-order valence-electron chi connectivity index (χ1n) is 9.08. The minimum absolute atomic E-state index is 0.134. The molecule has 10 heteroatoms. The number of carbonyl (C=O) groups is 1. The summed E-state index contributed by atoms with van der Waals surface area (Å²) in [5, 5.41) is 3.42. The number of ether oxygens (including phenoxy) is 3. The lowest BCUT2D eigenvalue weighted by Gasteiger charge is -2.32. The van der Waals surface area contributed by atoms with Crippen LogP contribution in [0.15, 0.2) is 30.5 Å². The Kier molecular flexibility index (Phi) is 6.19. The molecule has 0 N–H and O–H groups in total. The van der Waals surface area contributed by atoms with Crippen LogP contribution in [0.5, 0.6) is 17.2 Å². The molecule has 0 spiro atoms. The van der Waals surface area contributed by atoms with Gasteiger partial charge < -0.3 is 19.1 Å². The second-order valence-electron chi connectivity index (χ2n) is 6.59. The maximum atomic E-state index is 12.6. The first-order valence-corrected chi connectivity index (χ1v) is 9.08. The number of hydrogen-bond donors (Lipinski definition) is 0. The summed E-state index contributed by atoms with van der Waals surface area (Å²) in [6.45, 7) is 0.644. The number of benzene rings is 1. The molecule has 1 amide bonds. The van der Waals surface area contributed by atoms with Crippen molar-refractivity contribution in [1.82, 2.24) is 14.7 Å². The standard InChI is InChI=1S/C19H22F3N3O4/c1-27-14-4-3-5-15(28-2)18(14)29-13-6-9-24(10-7-13)17(26)12-25-11-8-16(23-25)19(20,21)22/h3-5,8,11,13H,6-7,9-10,12H2,1-2H3. The molecule has 0 atom stereocenters. The summed E-state index contributed by atoms with van der Waals surface area (Å²) in [5.41, 5.74) is -1.01. The summed E-state index contributed by atoms with van der Waals surface area (Å²) >= 11 is 0. The van der Waals surface area contributed by atoms with E-state index in [9.17, 15) is 18.0 Å². The molecule has 2 heterocycles. The molecular weight excluding hydrogens is 391 g/mol. The third kappa shape index (κ3) is 4.93. The number of para-hydroxylation sites is 1. The topological polar surface area (TPSA) is 65.8 Å². The van der Waals surface area contributed by atoms with E-state index in [2.05, 4.69) is 5.10 Å². The predicted molar refractivity (Wildman–Crippen MR) is 97.0 cm³/mol. The monoisotopic (exact) mass is 413 g/mol. The van der Waals surface area contributed by atoms with Gasteiger partial charge >= 0.3 is 6.18 Å². The maximum Gasteiger partial charge on any atom is 0.435 e. The predicted octanol–water partition coefficient (Wildman–Crippen LogP) is 2.99. The van der Waals surface area contributed by atoms with E-state index in [1.54, 1.807) is 37.3 Å². The quantitative estimate of drug-likeness (QED) is 0.729. The average Bonchev–Trinajstić information content (AvgIpc) is 3.17. The molecule has 1 aliphatic rings. The van der Waals surface area contributed by atoms with Crippen LogP contribution in [-0.2, 0) is 17.5 Å². The van der Waals surface area contributed by atoms with Gasteiger partial charge in [0, 0.05) is 32.1 Å². The van der Waals surface area contributed by atoms with Gasteiger partial charge in [-0.25, -0.2) is 0 Å². The Morgan fingerprint density at radius 3 is 2.28 bits per heavy atom. The number of alkyl halides is 3.